The Labute approximate surface area is 235 Å². The van der Waals surface area contributed by atoms with Gasteiger partial charge in [0.2, 0.25) is 17.8 Å². The van der Waals surface area contributed by atoms with Crippen LogP contribution in [0.4, 0.5) is 22.5 Å². The number of aromatic nitrogens is 4. The summed E-state index contributed by atoms with van der Waals surface area (Å²) in [6, 6.07) is 7.32. The van der Waals surface area contributed by atoms with Crippen LogP contribution in [-0.4, -0.2) is 70.4 Å². The van der Waals surface area contributed by atoms with E-state index in [0.29, 0.717) is 29.8 Å². The van der Waals surface area contributed by atoms with E-state index < -0.39 is 11.1 Å². The average molecular weight is 563 g/mol. The van der Waals surface area contributed by atoms with E-state index in [1.165, 1.54) is 12.8 Å². The van der Waals surface area contributed by atoms with Gasteiger partial charge in [-0.05, 0) is 56.2 Å². The van der Waals surface area contributed by atoms with Crippen LogP contribution in [0.1, 0.15) is 36.4 Å². The number of carbonyl (C=O) groups is 2. The molecule has 0 aromatic carbocycles. The normalized spacial score (nSPS) is 18.9. The molecule has 12 nitrogen and oxygen atoms in total. The second-order valence-electron chi connectivity index (χ2n) is 9.84. The molecule has 6 heterocycles. The van der Waals surface area contributed by atoms with E-state index in [9.17, 15) is 9.59 Å². The third-order valence-electron chi connectivity index (χ3n) is 6.89. The zero-order valence-electron chi connectivity index (χ0n) is 22.2. The molecule has 0 aliphatic carbocycles. The fourth-order valence-corrected chi connectivity index (χ4v) is 5.59. The molecule has 0 radical (unpaired) electrons. The molecule has 13 heteroatoms. The average Bonchev–Trinajstić information content (AvgIpc) is 3.68. The molecule has 0 atom stereocenters. The molecule has 2 amide bonds. The molecule has 6 rings (SSSR count). The number of anilines is 3. The monoisotopic (exact) mass is 562 g/mol. The van der Waals surface area contributed by atoms with E-state index in [2.05, 4.69) is 30.0 Å². The third kappa shape index (κ3) is 6.03. The van der Waals surface area contributed by atoms with Crippen molar-refractivity contribution in [2.24, 2.45) is 0 Å². The Hall–Kier alpha value is -4.13. The Kier molecular flexibility index (Phi) is 7.53. The first-order valence-electron chi connectivity index (χ1n) is 13.4. The predicted molar refractivity (Wildman–Crippen MR) is 151 cm³/mol. The highest BCUT2D eigenvalue weighted by Gasteiger charge is 2.26. The Morgan fingerprint density at radius 3 is 2.48 bits per heavy atom. The number of hydrogen-bond donors (Lipinski definition) is 1. The van der Waals surface area contributed by atoms with Crippen molar-refractivity contribution in [3.8, 4) is 5.88 Å². The van der Waals surface area contributed by atoms with Crippen molar-refractivity contribution in [3.63, 3.8) is 0 Å². The maximum atomic E-state index is 12.2. The maximum absolute atomic E-state index is 12.2. The predicted octanol–water partition coefficient (Wildman–Crippen LogP) is 3.39. The van der Waals surface area contributed by atoms with Gasteiger partial charge in [-0.15, -0.1) is 0 Å². The summed E-state index contributed by atoms with van der Waals surface area (Å²) in [6.07, 6.45) is 6.40. The quantitative estimate of drug-likeness (QED) is 0.424. The molecule has 3 aromatic heterocycles. The minimum absolute atomic E-state index is 0.202. The van der Waals surface area contributed by atoms with Crippen molar-refractivity contribution < 1.29 is 18.7 Å². The lowest BCUT2D eigenvalue weighted by molar-refractivity contribution is -0.115. The number of rotatable bonds is 7. The van der Waals surface area contributed by atoms with Gasteiger partial charge in [-0.3, -0.25) is 14.9 Å². The maximum Gasteiger partial charge on any atom is 0.290 e. The van der Waals surface area contributed by atoms with Crippen molar-refractivity contribution >= 4 is 46.7 Å². The van der Waals surface area contributed by atoms with Gasteiger partial charge in [0.25, 0.3) is 11.1 Å². The summed E-state index contributed by atoms with van der Waals surface area (Å²) in [7, 11) is 0. The number of nitrogens with one attached hydrogen (secondary N) is 1. The first-order valence-corrected chi connectivity index (χ1v) is 14.2. The van der Waals surface area contributed by atoms with Gasteiger partial charge in [-0.25, -0.2) is 9.97 Å². The van der Waals surface area contributed by atoms with Gasteiger partial charge >= 0.3 is 0 Å². The molecule has 0 saturated carbocycles. The zero-order valence-corrected chi connectivity index (χ0v) is 23.0. The first-order chi connectivity index (χ1) is 19.5. The molecule has 40 heavy (non-hydrogen) atoms. The molecule has 208 valence electrons. The van der Waals surface area contributed by atoms with E-state index in [1.807, 2.05) is 19.1 Å². The van der Waals surface area contributed by atoms with E-state index >= 15 is 0 Å². The number of carbonyl (C=O) groups excluding carboxylic acids is 2. The molecular weight excluding hydrogens is 532 g/mol. The van der Waals surface area contributed by atoms with E-state index in [4.69, 9.17) is 19.1 Å². The van der Waals surface area contributed by atoms with Gasteiger partial charge in [0.15, 0.2) is 0 Å². The Balaban J connectivity index is 1.23. The van der Waals surface area contributed by atoms with Crippen LogP contribution in [0.25, 0.3) is 6.08 Å². The van der Waals surface area contributed by atoms with E-state index in [-0.39, 0.29) is 11.5 Å². The van der Waals surface area contributed by atoms with Crippen LogP contribution in [-0.2, 0) is 11.4 Å². The van der Waals surface area contributed by atoms with Crippen LogP contribution in [0.3, 0.4) is 0 Å². The highest BCUT2D eigenvalue weighted by molar-refractivity contribution is 8.18. The largest absolute Gasteiger partial charge is 0.469 e. The lowest BCUT2D eigenvalue weighted by Crippen LogP contribution is -2.32. The van der Waals surface area contributed by atoms with Crippen LogP contribution in [0.5, 0.6) is 5.88 Å². The van der Waals surface area contributed by atoms with E-state index in [1.54, 1.807) is 24.5 Å². The fraction of sp³-hybridized carbons (Fsp3) is 0.407. The molecule has 3 aromatic rings. The molecule has 0 bridgehead atoms. The molecule has 0 spiro atoms. The summed E-state index contributed by atoms with van der Waals surface area (Å²) in [5, 5.41) is 1.88. The third-order valence-corrected chi connectivity index (χ3v) is 7.71. The Morgan fingerprint density at radius 1 is 0.950 bits per heavy atom. The zero-order chi connectivity index (χ0) is 27.5. The summed E-state index contributed by atoms with van der Waals surface area (Å²) in [4.78, 5) is 49.8. The van der Waals surface area contributed by atoms with Gasteiger partial charge in [0.05, 0.1) is 16.9 Å². The van der Waals surface area contributed by atoms with Gasteiger partial charge in [-0.2, -0.15) is 9.97 Å². The number of furan rings is 1. The van der Waals surface area contributed by atoms with Crippen molar-refractivity contribution in [2.45, 2.75) is 32.8 Å². The van der Waals surface area contributed by atoms with Gasteiger partial charge < -0.3 is 23.9 Å². The van der Waals surface area contributed by atoms with Crippen molar-refractivity contribution in [1.29, 1.82) is 0 Å². The van der Waals surface area contributed by atoms with Crippen LogP contribution >= 0.6 is 11.8 Å². The van der Waals surface area contributed by atoms with Gasteiger partial charge in [0.1, 0.15) is 18.2 Å². The van der Waals surface area contributed by atoms with Crippen molar-refractivity contribution in [3.05, 3.63) is 52.6 Å². The molecule has 0 unspecified atom stereocenters. The Bertz CT molecular complexity index is 1420. The number of hydrogen-bond acceptors (Lipinski definition) is 12. The van der Waals surface area contributed by atoms with Gasteiger partial charge in [-0.1, -0.05) is 0 Å². The fourth-order valence-electron chi connectivity index (χ4n) is 4.92. The highest BCUT2D eigenvalue weighted by atomic mass is 32.2. The molecule has 1 N–H and O–H groups in total. The van der Waals surface area contributed by atoms with Crippen molar-refractivity contribution in [2.75, 3.05) is 54.0 Å². The number of imide groups is 1. The summed E-state index contributed by atoms with van der Waals surface area (Å²) in [6.45, 7) is 7.21. The molecule has 3 saturated heterocycles. The van der Waals surface area contributed by atoms with E-state index in [0.717, 1.165) is 68.4 Å². The summed E-state index contributed by atoms with van der Waals surface area (Å²) < 4.78 is 11.3. The highest BCUT2D eigenvalue weighted by Crippen LogP contribution is 2.28. The SMILES string of the molecule is Cc1cc(N2CCCN(c3nc(/C=C4\SC(=O)NC4=O)cc(OCc4ccco4)n3)CC2)nc(N2CCCC2)n1. The van der Waals surface area contributed by atoms with Crippen LogP contribution < -0.4 is 24.8 Å². The molecular formula is C27H30N8O4S. The van der Waals surface area contributed by atoms with Crippen molar-refractivity contribution in [1.82, 2.24) is 25.3 Å². The second-order valence-corrected chi connectivity index (χ2v) is 10.9. The summed E-state index contributed by atoms with van der Waals surface area (Å²) >= 11 is 0.849. The summed E-state index contributed by atoms with van der Waals surface area (Å²) in [5.74, 6) is 2.82. The Morgan fingerprint density at radius 2 is 1.70 bits per heavy atom. The number of thioether (sulfide) groups is 1. The minimum Gasteiger partial charge on any atom is -0.469 e. The lowest BCUT2D eigenvalue weighted by Gasteiger charge is -2.25. The standard InChI is InChI=1S/C27H30N8O4S/c1-18-14-22(30-25(28-18)34-7-2-3-8-34)33-9-5-10-35(12-11-33)26-29-19(15-21-24(36)32-27(37)40-21)16-23(31-26)39-17-20-6-4-13-38-20/h4,6,13-16H,2-3,5,7-12,17H2,1H3,(H,32,36,37)/b21-15-. The topological polar surface area (TPSA) is 130 Å². The lowest BCUT2D eigenvalue weighted by atomic mass is 10.3. The molecule has 3 aliphatic heterocycles. The van der Waals surface area contributed by atoms with Crippen LogP contribution in [0.15, 0.2) is 39.9 Å². The summed E-state index contributed by atoms with van der Waals surface area (Å²) in [5.41, 5.74) is 1.44. The number of aryl methyl sites for hydroxylation is 1. The number of ether oxygens (including phenoxy) is 1. The molecule has 3 fully saturated rings. The second kappa shape index (κ2) is 11.5. The first kappa shape index (κ1) is 26.1. The van der Waals surface area contributed by atoms with Crippen LogP contribution in [0, 0.1) is 6.92 Å². The minimum atomic E-state index is -0.438. The van der Waals surface area contributed by atoms with Gasteiger partial charge in [0, 0.05) is 57.1 Å². The molecule has 3 aliphatic rings. The number of amides is 2. The van der Waals surface area contributed by atoms with Crippen LogP contribution in [0.2, 0.25) is 0 Å². The smallest absolute Gasteiger partial charge is 0.290 e. The number of nitrogens with zero attached hydrogens (tertiary/aromatic N) is 7.